The summed E-state index contributed by atoms with van der Waals surface area (Å²) in [6, 6.07) is 3.54. The molecular formula is C9H8F3NO2S. The SMILES string of the molecule is O=C(O)CCSc1cccc(C(F)(F)F)n1. The number of hydrogen-bond acceptors (Lipinski definition) is 3. The van der Waals surface area contributed by atoms with Gasteiger partial charge in [-0.25, -0.2) is 4.98 Å². The third kappa shape index (κ3) is 4.09. The Morgan fingerprint density at radius 2 is 2.12 bits per heavy atom. The number of pyridine rings is 1. The molecule has 7 heteroatoms. The van der Waals surface area contributed by atoms with E-state index < -0.39 is 17.8 Å². The maximum Gasteiger partial charge on any atom is 0.433 e. The van der Waals surface area contributed by atoms with Gasteiger partial charge in [-0.15, -0.1) is 11.8 Å². The van der Waals surface area contributed by atoms with E-state index in [2.05, 4.69) is 4.98 Å². The second-order valence-corrected chi connectivity index (χ2v) is 3.97. The van der Waals surface area contributed by atoms with Crippen molar-refractivity contribution in [1.82, 2.24) is 4.98 Å². The Kier molecular flexibility index (Phi) is 4.17. The lowest BCUT2D eigenvalue weighted by Crippen LogP contribution is -2.08. The van der Waals surface area contributed by atoms with Gasteiger partial charge in [-0.1, -0.05) is 6.07 Å². The summed E-state index contributed by atoms with van der Waals surface area (Å²) in [6.45, 7) is 0. The van der Waals surface area contributed by atoms with Gasteiger partial charge in [-0.3, -0.25) is 4.79 Å². The first-order valence-electron chi connectivity index (χ1n) is 4.28. The summed E-state index contributed by atoms with van der Waals surface area (Å²) >= 11 is 0.987. The number of aromatic nitrogens is 1. The Bertz CT molecular complexity index is 381. The molecule has 0 aromatic carbocycles. The van der Waals surface area contributed by atoms with Crippen LogP contribution in [0.2, 0.25) is 0 Å². The van der Waals surface area contributed by atoms with Crippen molar-refractivity contribution in [3.05, 3.63) is 23.9 Å². The minimum atomic E-state index is -4.47. The monoisotopic (exact) mass is 251 g/mol. The number of aliphatic carboxylic acids is 1. The molecule has 88 valence electrons. The van der Waals surface area contributed by atoms with Gasteiger partial charge in [0.15, 0.2) is 0 Å². The van der Waals surface area contributed by atoms with Gasteiger partial charge in [0, 0.05) is 5.75 Å². The summed E-state index contributed by atoms with van der Waals surface area (Å²) < 4.78 is 36.8. The Morgan fingerprint density at radius 3 is 2.69 bits per heavy atom. The van der Waals surface area contributed by atoms with Crippen LogP contribution in [0.4, 0.5) is 13.2 Å². The molecule has 0 saturated carbocycles. The van der Waals surface area contributed by atoms with Crippen molar-refractivity contribution in [3.63, 3.8) is 0 Å². The standard InChI is InChI=1S/C9H8F3NO2S/c10-9(11,12)6-2-1-3-7(13-6)16-5-4-8(14)15/h1-3H,4-5H2,(H,14,15). The van der Waals surface area contributed by atoms with Crippen LogP contribution in [0.3, 0.4) is 0 Å². The molecule has 0 fully saturated rings. The first kappa shape index (κ1) is 12.8. The van der Waals surface area contributed by atoms with Gasteiger partial charge in [-0.2, -0.15) is 13.2 Å². The van der Waals surface area contributed by atoms with E-state index in [1.54, 1.807) is 0 Å². The highest BCUT2D eigenvalue weighted by Crippen LogP contribution is 2.29. The lowest BCUT2D eigenvalue weighted by atomic mass is 10.3. The van der Waals surface area contributed by atoms with Crippen LogP contribution in [0.15, 0.2) is 23.2 Å². The number of halogens is 3. The van der Waals surface area contributed by atoms with Crippen LogP contribution >= 0.6 is 11.8 Å². The molecule has 1 heterocycles. The van der Waals surface area contributed by atoms with Crippen LogP contribution < -0.4 is 0 Å². The molecule has 1 aromatic rings. The van der Waals surface area contributed by atoms with E-state index in [1.807, 2.05) is 0 Å². The Hall–Kier alpha value is -1.24. The van der Waals surface area contributed by atoms with Gasteiger partial charge in [-0.05, 0) is 12.1 Å². The highest BCUT2D eigenvalue weighted by atomic mass is 32.2. The van der Waals surface area contributed by atoms with Crippen LogP contribution in [0.1, 0.15) is 12.1 Å². The second-order valence-electron chi connectivity index (χ2n) is 2.85. The zero-order valence-electron chi connectivity index (χ0n) is 7.99. The van der Waals surface area contributed by atoms with Crippen molar-refractivity contribution < 1.29 is 23.1 Å². The average Bonchev–Trinajstić information content (AvgIpc) is 2.16. The number of nitrogens with zero attached hydrogens (tertiary/aromatic N) is 1. The predicted octanol–water partition coefficient (Wildman–Crippen LogP) is 2.67. The molecule has 16 heavy (non-hydrogen) atoms. The second kappa shape index (κ2) is 5.20. The molecule has 0 amide bonds. The number of rotatable bonds is 4. The molecule has 0 bridgehead atoms. The van der Waals surface area contributed by atoms with Gasteiger partial charge in [0.2, 0.25) is 0 Å². The van der Waals surface area contributed by atoms with E-state index >= 15 is 0 Å². The quantitative estimate of drug-likeness (QED) is 0.836. The van der Waals surface area contributed by atoms with Crippen LogP contribution in [0.5, 0.6) is 0 Å². The molecule has 1 rings (SSSR count). The molecule has 0 radical (unpaired) electrons. The van der Waals surface area contributed by atoms with E-state index in [0.717, 1.165) is 17.8 Å². The van der Waals surface area contributed by atoms with E-state index in [9.17, 15) is 18.0 Å². The molecular weight excluding hydrogens is 243 g/mol. The molecule has 0 aliphatic rings. The Morgan fingerprint density at radius 1 is 1.44 bits per heavy atom. The van der Waals surface area contributed by atoms with E-state index in [1.165, 1.54) is 12.1 Å². The highest BCUT2D eigenvalue weighted by molar-refractivity contribution is 7.99. The van der Waals surface area contributed by atoms with Crippen LogP contribution in [-0.2, 0) is 11.0 Å². The lowest BCUT2D eigenvalue weighted by Gasteiger charge is -2.06. The molecule has 0 spiro atoms. The average molecular weight is 251 g/mol. The fraction of sp³-hybridized carbons (Fsp3) is 0.333. The van der Waals surface area contributed by atoms with Crippen LogP contribution in [0.25, 0.3) is 0 Å². The molecule has 0 unspecified atom stereocenters. The summed E-state index contributed by atoms with van der Waals surface area (Å²) in [5.74, 6) is -0.789. The fourth-order valence-electron chi connectivity index (χ4n) is 0.896. The summed E-state index contributed by atoms with van der Waals surface area (Å²) in [5, 5.41) is 8.54. The summed E-state index contributed by atoms with van der Waals surface area (Å²) in [7, 11) is 0. The van der Waals surface area contributed by atoms with Crippen LogP contribution in [-0.4, -0.2) is 21.8 Å². The summed E-state index contributed by atoms with van der Waals surface area (Å²) in [4.78, 5) is 13.6. The third-order valence-electron chi connectivity index (χ3n) is 1.58. The molecule has 1 N–H and O–H groups in total. The molecule has 1 aromatic heterocycles. The highest BCUT2D eigenvalue weighted by Gasteiger charge is 2.32. The minimum Gasteiger partial charge on any atom is -0.481 e. The smallest absolute Gasteiger partial charge is 0.433 e. The van der Waals surface area contributed by atoms with E-state index in [0.29, 0.717) is 0 Å². The van der Waals surface area contributed by atoms with Gasteiger partial charge >= 0.3 is 12.1 Å². The Balaban J connectivity index is 2.64. The normalized spacial score (nSPS) is 11.4. The summed E-state index contributed by atoms with van der Waals surface area (Å²) in [5.41, 5.74) is -0.965. The van der Waals surface area contributed by atoms with Crippen molar-refractivity contribution >= 4 is 17.7 Å². The first-order chi connectivity index (χ1) is 7.39. The van der Waals surface area contributed by atoms with Gasteiger partial charge in [0.25, 0.3) is 0 Å². The number of carboxylic acid groups (broad SMARTS) is 1. The van der Waals surface area contributed by atoms with Gasteiger partial charge in [0.05, 0.1) is 11.4 Å². The Labute approximate surface area is 93.7 Å². The number of carbonyl (C=O) groups is 1. The number of thioether (sulfide) groups is 1. The molecule has 0 aliphatic heterocycles. The third-order valence-corrected chi connectivity index (χ3v) is 2.51. The van der Waals surface area contributed by atoms with E-state index in [4.69, 9.17) is 5.11 Å². The maximum atomic E-state index is 12.3. The zero-order valence-corrected chi connectivity index (χ0v) is 8.81. The minimum absolute atomic E-state index is 0.109. The van der Waals surface area contributed by atoms with Crippen molar-refractivity contribution in [1.29, 1.82) is 0 Å². The van der Waals surface area contributed by atoms with Crippen molar-refractivity contribution in [2.24, 2.45) is 0 Å². The molecule has 0 aliphatic carbocycles. The fourth-order valence-corrected chi connectivity index (χ4v) is 1.72. The topological polar surface area (TPSA) is 50.2 Å². The zero-order chi connectivity index (χ0) is 12.2. The van der Waals surface area contributed by atoms with E-state index in [-0.39, 0.29) is 17.2 Å². The molecule has 0 saturated heterocycles. The number of carboxylic acids is 1. The van der Waals surface area contributed by atoms with Crippen molar-refractivity contribution in [2.75, 3.05) is 5.75 Å². The molecule has 3 nitrogen and oxygen atoms in total. The molecule has 0 atom stereocenters. The van der Waals surface area contributed by atoms with Crippen molar-refractivity contribution in [3.8, 4) is 0 Å². The van der Waals surface area contributed by atoms with Gasteiger partial charge in [0.1, 0.15) is 5.69 Å². The van der Waals surface area contributed by atoms with Gasteiger partial charge < -0.3 is 5.11 Å². The number of alkyl halides is 3. The number of hydrogen-bond donors (Lipinski definition) is 1. The van der Waals surface area contributed by atoms with Crippen molar-refractivity contribution in [2.45, 2.75) is 17.6 Å². The maximum absolute atomic E-state index is 12.3. The summed E-state index contributed by atoms with van der Waals surface area (Å²) in [6.07, 6.45) is -4.58. The lowest BCUT2D eigenvalue weighted by molar-refractivity contribution is -0.141. The first-order valence-corrected chi connectivity index (χ1v) is 5.27. The predicted molar refractivity (Wildman–Crippen MR) is 52.2 cm³/mol. The van der Waals surface area contributed by atoms with Crippen LogP contribution in [0, 0.1) is 0 Å². The largest absolute Gasteiger partial charge is 0.481 e.